The molecule has 15 heavy (non-hydrogen) atoms. The molecule has 0 amide bonds. The Morgan fingerprint density at radius 2 is 1.60 bits per heavy atom. The van der Waals surface area contributed by atoms with E-state index in [0.717, 1.165) is 13.0 Å². The van der Waals surface area contributed by atoms with Gasteiger partial charge in [-0.05, 0) is 18.8 Å². The Hall–Kier alpha value is -0.0800. The fraction of sp³-hybridized carbons (Fsp3) is 1.00. The van der Waals surface area contributed by atoms with E-state index in [9.17, 15) is 5.11 Å². The molecule has 0 fully saturated rings. The molecule has 0 aliphatic rings. The maximum absolute atomic E-state index is 9.84. The van der Waals surface area contributed by atoms with Crippen molar-refractivity contribution in [2.75, 3.05) is 6.54 Å². The summed E-state index contributed by atoms with van der Waals surface area (Å²) < 4.78 is 0. The second-order valence-electron chi connectivity index (χ2n) is 4.64. The van der Waals surface area contributed by atoms with Gasteiger partial charge in [-0.3, -0.25) is 0 Å². The van der Waals surface area contributed by atoms with Crippen LogP contribution < -0.4 is 5.32 Å². The standard InChI is InChI=1S/C13H29NO/c1-5-8-12(9-6-2)14-10-13(15)11(4)7-3/h11-15H,5-10H2,1-4H3. The molecule has 0 rings (SSSR count). The molecule has 2 unspecified atom stereocenters. The van der Waals surface area contributed by atoms with Crippen LogP contribution in [0.3, 0.4) is 0 Å². The zero-order chi connectivity index (χ0) is 11.7. The van der Waals surface area contributed by atoms with Gasteiger partial charge >= 0.3 is 0 Å². The molecule has 0 aromatic heterocycles. The van der Waals surface area contributed by atoms with Gasteiger partial charge in [0.15, 0.2) is 0 Å². The largest absolute Gasteiger partial charge is 0.392 e. The van der Waals surface area contributed by atoms with Gasteiger partial charge in [-0.15, -0.1) is 0 Å². The quantitative estimate of drug-likeness (QED) is 0.620. The summed E-state index contributed by atoms with van der Waals surface area (Å²) in [5.41, 5.74) is 0. The van der Waals surface area contributed by atoms with Crippen molar-refractivity contribution in [1.82, 2.24) is 5.32 Å². The van der Waals surface area contributed by atoms with Gasteiger partial charge in [0, 0.05) is 12.6 Å². The fourth-order valence-corrected chi connectivity index (χ4v) is 1.81. The van der Waals surface area contributed by atoms with E-state index in [4.69, 9.17) is 0 Å². The van der Waals surface area contributed by atoms with E-state index in [1.54, 1.807) is 0 Å². The molecule has 0 heterocycles. The predicted molar refractivity (Wildman–Crippen MR) is 67.1 cm³/mol. The summed E-state index contributed by atoms with van der Waals surface area (Å²) in [4.78, 5) is 0. The Labute approximate surface area is 95.5 Å². The van der Waals surface area contributed by atoms with E-state index < -0.39 is 0 Å². The highest BCUT2D eigenvalue weighted by atomic mass is 16.3. The van der Waals surface area contributed by atoms with Crippen LogP contribution in [0.4, 0.5) is 0 Å². The molecule has 0 aromatic carbocycles. The minimum absolute atomic E-state index is 0.189. The maximum Gasteiger partial charge on any atom is 0.0690 e. The number of rotatable bonds is 9. The first-order valence-corrected chi connectivity index (χ1v) is 6.57. The molecule has 2 heteroatoms. The van der Waals surface area contributed by atoms with E-state index in [0.29, 0.717) is 12.0 Å². The fourth-order valence-electron chi connectivity index (χ4n) is 1.81. The highest BCUT2D eigenvalue weighted by Gasteiger charge is 2.14. The molecule has 0 saturated heterocycles. The first kappa shape index (κ1) is 14.9. The molecular formula is C13H29NO. The molecule has 0 aliphatic carbocycles. The molecule has 2 N–H and O–H groups in total. The summed E-state index contributed by atoms with van der Waals surface area (Å²) >= 11 is 0. The smallest absolute Gasteiger partial charge is 0.0690 e. The lowest BCUT2D eigenvalue weighted by molar-refractivity contribution is 0.108. The predicted octanol–water partition coefficient (Wildman–Crippen LogP) is 2.95. The Morgan fingerprint density at radius 1 is 1.07 bits per heavy atom. The van der Waals surface area contributed by atoms with Crippen molar-refractivity contribution in [3.8, 4) is 0 Å². The number of aliphatic hydroxyl groups excluding tert-OH is 1. The summed E-state index contributed by atoms with van der Waals surface area (Å²) in [6.45, 7) is 9.43. The lowest BCUT2D eigenvalue weighted by Gasteiger charge is -2.22. The zero-order valence-electron chi connectivity index (χ0n) is 10.9. The summed E-state index contributed by atoms with van der Waals surface area (Å²) in [6.07, 6.45) is 5.75. The molecule has 0 aromatic rings. The van der Waals surface area contributed by atoms with Gasteiger partial charge in [-0.2, -0.15) is 0 Å². The molecular weight excluding hydrogens is 186 g/mol. The molecule has 2 atom stereocenters. The van der Waals surface area contributed by atoms with Crippen LogP contribution in [0.5, 0.6) is 0 Å². The van der Waals surface area contributed by atoms with Crippen LogP contribution in [0.15, 0.2) is 0 Å². The van der Waals surface area contributed by atoms with Gasteiger partial charge in [0.1, 0.15) is 0 Å². The van der Waals surface area contributed by atoms with Gasteiger partial charge in [0.05, 0.1) is 6.10 Å². The topological polar surface area (TPSA) is 32.3 Å². The molecule has 0 spiro atoms. The highest BCUT2D eigenvalue weighted by Crippen LogP contribution is 2.09. The maximum atomic E-state index is 9.84. The van der Waals surface area contributed by atoms with Crippen LogP contribution in [0, 0.1) is 5.92 Å². The van der Waals surface area contributed by atoms with Gasteiger partial charge in [0.25, 0.3) is 0 Å². The Balaban J connectivity index is 3.76. The second kappa shape index (κ2) is 9.17. The molecule has 0 saturated carbocycles. The van der Waals surface area contributed by atoms with Gasteiger partial charge in [0.2, 0.25) is 0 Å². The van der Waals surface area contributed by atoms with Crippen LogP contribution in [0.1, 0.15) is 59.8 Å². The van der Waals surface area contributed by atoms with Crippen LogP contribution in [-0.4, -0.2) is 23.8 Å². The number of nitrogens with one attached hydrogen (secondary N) is 1. The minimum Gasteiger partial charge on any atom is -0.392 e. The van der Waals surface area contributed by atoms with E-state index in [1.165, 1.54) is 25.7 Å². The molecule has 0 radical (unpaired) electrons. The normalized spacial score (nSPS) is 15.6. The molecule has 0 bridgehead atoms. The second-order valence-corrected chi connectivity index (χ2v) is 4.64. The SMILES string of the molecule is CCCC(CCC)NCC(O)C(C)CC. The van der Waals surface area contributed by atoms with Crippen LogP contribution >= 0.6 is 0 Å². The minimum atomic E-state index is -0.189. The Kier molecular flexibility index (Phi) is 9.12. The average molecular weight is 215 g/mol. The van der Waals surface area contributed by atoms with Crippen molar-refractivity contribution in [2.24, 2.45) is 5.92 Å². The summed E-state index contributed by atoms with van der Waals surface area (Å²) in [5.74, 6) is 0.404. The van der Waals surface area contributed by atoms with Crippen LogP contribution in [0.25, 0.3) is 0 Å². The van der Waals surface area contributed by atoms with E-state index in [-0.39, 0.29) is 6.10 Å². The molecule has 0 aliphatic heterocycles. The van der Waals surface area contributed by atoms with Crippen LogP contribution in [0.2, 0.25) is 0 Å². The van der Waals surface area contributed by atoms with Crippen LogP contribution in [-0.2, 0) is 0 Å². The Morgan fingerprint density at radius 3 is 2.00 bits per heavy atom. The van der Waals surface area contributed by atoms with Crippen molar-refractivity contribution in [1.29, 1.82) is 0 Å². The third-order valence-electron chi connectivity index (χ3n) is 3.19. The summed E-state index contributed by atoms with van der Waals surface area (Å²) in [7, 11) is 0. The van der Waals surface area contributed by atoms with E-state index >= 15 is 0 Å². The highest BCUT2D eigenvalue weighted by molar-refractivity contribution is 4.71. The third kappa shape index (κ3) is 6.91. The molecule has 92 valence electrons. The van der Waals surface area contributed by atoms with Crippen molar-refractivity contribution in [3.63, 3.8) is 0 Å². The van der Waals surface area contributed by atoms with Crippen molar-refractivity contribution in [2.45, 2.75) is 71.9 Å². The van der Waals surface area contributed by atoms with Gasteiger partial charge in [-0.25, -0.2) is 0 Å². The van der Waals surface area contributed by atoms with E-state index in [1.807, 2.05) is 0 Å². The van der Waals surface area contributed by atoms with Crippen molar-refractivity contribution < 1.29 is 5.11 Å². The van der Waals surface area contributed by atoms with Crippen molar-refractivity contribution >= 4 is 0 Å². The first-order valence-electron chi connectivity index (χ1n) is 6.57. The molecule has 2 nitrogen and oxygen atoms in total. The number of hydrogen-bond acceptors (Lipinski definition) is 2. The van der Waals surface area contributed by atoms with Gasteiger partial charge in [-0.1, -0.05) is 47.0 Å². The van der Waals surface area contributed by atoms with Crippen molar-refractivity contribution in [3.05, 3.63) is 0 Å². The van der Waals surface area contributed by atoms with E-state index in [2.05, 4.69) is 33.0 Å². The number of aliphatic hydroxyl groups is 1. The summed E-state index contributed by atoms with van der Waals surface area (Å²) in [5, 5.41) is 13.3. The number of hydrogen-bond donors (Lipinski definition) is 2. The van der Waals surface area contributed by atoms with Gasteiger partial charge < -0.3 is 10.4 Å². The lowest BCUT2D eigenvalue weighted by Crippen LogP contribution is -2.38. The average Bonchev–Trinajstić information content (AvgIpc) is 2.25. The summed E-state index contributed by atoms with van der Waals surface area (Å²) in [6, 6.07) is 0.596. The Bertz CT molecular complexity index is 132. The zero-order valence-corrected chi connectivity index (χ0v) is 10.9. The lowest BCUT2D eigenvalue weighted by atomic mass is 10.0. The first-order chi connectivity index (χ1) is 7.15. The third-order valence-corrected chi connectivity index (χ3v) is 3.19. The monoisotopic (exact) mass is 215 g/mol.